The van der Waals surface area contributed by atoms with E-state index < -0.39 is 12.8 Å². The molecule has 0 spiro atoms. The Morgan fingerprint density at radius 1 is 1.24 bits per heavy atom. The number of imidazole rings is 1. The van der Waals surface area contributed by atoms with E-state index in [0.29, 0.717) is 16.0 Å². The molecule has 0 radical (unpaired) electrons. The van der Waals surface area contributed by atoms with Gasteiger partial charge in [-0.2, -0.15) is 8.78 Å². The second-order valence-corrected chi connectivity index (χ2v) is 6.28. The van der Waals surface area contributed by atoms with Crippen LogP contribution in [0.5, 0.6) is 5.75 Å². The fourth-order valence-corrected chi connectivity index (χ4v) is 3.23. The number of alkyl halides is 2. The molecule has 25 heavy (non-hydrogen) atoms. The minimum Gasteiger partial charge on any atom is -0.434 e. The highest BCUT2D eigenvalue weighted by atomic mass is 79.9. The lowest BCUT2D eigenvalue weighted by molar-refractivity contribution is -0.0506. The minimum atomic E-state index is -2.94. The van der Waals surface area contributed by atoms with Crippen LogP contribution in [0.15, 0.2) is 51.9 Å². The third kappa shape index (κ3) is 2.80. The zero-order valence-corrected chi connectivity index (χ0v) is 14.2. The molecule has 0 fully saturated rings. The molecule has 1 aliphatic rings. The van der Waals surface area contributed by atoms with E-state index in [0.717, 1.165) is 11.0 Å². The number of ether oxygens (including phenoxy) is 1. The molecule has 2 aromatic carbocycles. The fraction of sp³-hybridized carbons (Fsp3) is 0.125. The number of hydrogen-bond donors (Lipinski definition) is 2. The van der Waals surface area contributed by atoms with Crippen molar-refractivity contribution < 1.29 is 13.5 Å². The van der Waals surface area contributed by atoms with Crippen LogP contribution < -0.4 is 15.8 Å². The van der Waals surface area contributed by atoms with Crippen molar-refractivity contribution in [1.29, 1.82) is 0 Å². The van der Waals surface area contributed by atoms with Crippen LogP contribution in [0.4, 0.5) is 14.7 Å². The molecule has 2 heterocycles. The van der Waals surface area contributed by atoms with Crippen molar-refractivity contribution in [3.05, 3.63) is 52.5 Å². The Hall–Kier alpha value is -2.68. The third-order valence-corrected chi connectivity index (χ3v) is 4.30. The maximum atomic E-state index is 12.8. The van der Waals surface area contributed by atoms with Crippen molar-refractivity contribution in [1.82, 2.24) is 9.55 Å². The molecular weight excluding hydrogens is 396 g/mol. The van der Waals surface area contributed by atoms with E-state index >= 15 is 0 Å². The molecule has 0 saturated heterocycles. The molecule has 3 aromatic rings. The molecule has 0 amide bonds. The lowest BCUT2D eigenvalue weighted by Gasteiger charge is -2.25. The number of guanidine groups is 1. The van der Waals surface area contributed by atoms with Crippen molar-refractivity contribution in [2.75, 3.05) is 5.32 Å². The summed E-state index contributed by atoms with van der Waals surface area (Å²) in [6.45, 7) is -2.94. The van der Waals surface area contributed by atoms with E-state index in [2.05, 4.69) is 36.0 Å². The smallest absolute Gasteiger partial charge is 0.387 e. The number of aliphatic imine (C=N–C) groups is 1. The summed E-state index contributed by atoms with van der Waals surface area (Å²) < 4.78 is 32.8. The van der Waals surface area contributed by atoms with Gasteiger partial charge >= 0.3 is 6.61 Å². The molecule has 0 bridgehead atoms. The van der Waals surface area contributed by atoms with Gasteiger partial charge in [0.1, 0.15) is 5.75 Å². The minimum absolute atomic E-state index is 0.0328. The van der Waals surface area contributed by atoms with Crippen molar-refractivity contribution >= 4 is 38.9 Å². The number of halogens is 3. The van der Waals surface area contributed by atoms with Crippen LogP contribution in [0.3, 0.4) is 0 Å². The number of fused-ring (bicyclic) bond motifs is 3. The van der Waals surface area contributed by atoms with Crippen molar-refractivity contribution in [2.24, 2.45) is 10.7 Å². The molecule has 6 nitrogen and oxygen atoms in total. The van der Waals surface area contributed by atoms with Gasteiger partial charge in [-0.1, -0.05) is 28.1 Å². The van der Waals surface area contributed by atoms with Crippen molar-refractivity contribution in [3.8, 4) is 5.75 Å². The summed E-state index contributed by atoms with van der Waals surface area (Å²) in [6, 6.07) is 12.2. The highest BCUT2D eigenvalue weighted by Gasteiger charge is 2.28. The molecule has 128 valence electrons. The fourth-order valence-electron chi connectivity index (χ4n) is 2.85. The van der Waals surface area contributed by atoms with Crippen molar-refractivity contribution in [2.45, 2.75) is 12.8 Å². The van der Waals surface area contributed by atoms with Gasteiger partial charge in [-0.3, -0.25) is 9.88 Å². The number of para-hydroxylation sites is 2. The van der Waals surface area contributed by atoms with Gasteiger partial charge in [0.15, 0.2) is 12.1 Å². The normalized spacial score (nSPS) is 16.5. The number of aromatic nitrogens is 2. The summed E-state index contributed by atoms with van der Waals surface area (Å²) in [5.41, 5.74) is 7.86. The first-order valence-corrected chi connectivity index (χ1v) is 8.14. The van der Waals surface area contributed by atoms with Crippen LogP contribution in [-0.4, -0.2) is 22.1 Å². The van der Waals surface area contributed by atoms with Crippen molar-refractivity contribution in [3.63, 3.8) is 0 Å². The van der Waals surface area contributed by atoms with Crippen LogP contribution in [0.2, 0.25) is 0 Å². The van der Waals surface area contributed by atoms with Gasteiger partial charge in [-0.25, -0.2) is 9.98 Å². The molecule has 1 aliphatic heterocycles. The highest BCUT2D eigenvalue weighted by molar-refractivity contribution is 9.10. The number of benzene rings is 2. The van der Waals surface area contributed by atoms with Crippen LogP contribution in [-0.2, 0) is 0 Å². The Balaban J connectivity index is 1.94. The molecule has 1 aromatic heterocycles. The number of anilines is 1. The molecular formula is C16H12BrF2N5O. The molecule has 1 atom stereocenters. The topological polar surface area (TPSA) is 77.5 Å². The summed E-state index contributed by atoms with van der Waals surface area (Å²) in [5.74, 6) is 0.669. The Kier molecular flexibility index (Phi) is 3.79. The quantitative estimate of drug-likeness (QED) is 0.693. The molecule has 0 aliphatic carbocycles. The Morgan fingerprint density at radius 2 is 2.04 bits per heavy atom. The number of nitrogens with one attached hydrogen (secondary N) is 1. The van der Waals surface area contributed by atoms with E-state index in [4.69, 9.17) is 5.73 Å². The number of nitrogens with two attached hydrogens (primary N) is 1. The SMILES string of the molecule is NC1=N[C@H](c2cc(Br)ccc2OC(F)F)n2c(nc3ccccc32)N1. The van der Waals surface area contributed by atoms with Gasteiger partial charge < -0.3 is 10.5 Å². The van der Waals surface area contributed by atoms with E-state index in [-0.39, 0.29) is 11.7 Å². The molecule has 9 heteroatoms. The summed E-state index contributed by atoms with van der Waals surface area (Å²) in [5, 5.41) is 2.90. The Bertz CT molecular complexity index is 988. The molecule has 0 saturated carbocycles. The maximum absolute atomic E-state index is 12.8. The third-order valence-electron chi connectivity index (χ3n) is 3.81. The van der Waals surface area contributed by atoms with E-state index in [1.54, 1.807) is 16.7 Å². The van der Waals surface area contributed by atoms with E-state index in [1.807, 2.05) is 24.3 Å². The highest BCUT2D eigenvalue weighted by Crippen LogP contribution is 2.38. The maximum Gasteiger partial charge on any atom is 0.387 e. The zero-order chi connectivity index (χ0) is 17.6. The predicted octanol–water partition coefficient (Wildman–Crippen LogP) is 3.69. The van der Waals surface area contributed by atoms with E-state index in [9.17, 15) is 8.78 Å². The van der Waals surface area contributed by atoms with Gasteiger partial charge in [-0.05, 0) is 30.3 Å². The van der Waals surface area contributed by atoms with Gasteiger partial charge in [-0.15, -0.1) is 0 Å². The summed E-state index contributed by atoms with van der Waals surface area (Å²) in [6.07, 6.45) is -0.685. The number of nitrogens with zero attached hydrogens (tertiary/aromatic N) is 3. The van der Waals surface area contributed by atoms with Crippen LogP contribution in [0.25, 0.3) is 11.0 Å². The second-order valence-electron chi connectivity index (χ2n) is 5.37. The molecule has 0 unspecified atom stereocenters. The standard InChI is InChI=1S/C16H12BrF2N5O/c17-8-5-6-12(25-14(18)19)9(7-8)13-22-15(20)23-16-21-10-3-1-2-4-11(10)24(13)16/h1-7,13-14H,(H3,20,21,22,23)/t13-/m0/s1. The first kappa shape index (κ1) is 15.8. The van der Waals surface area contributed by atoms with Crippen LogP contribution in [0.1, 0.15) is 11.7 Å². The lowest BCUT2D eigenvalue weighted by Crippen LogP contribution is -2.31. The zero-order valence-electron chi connectivity index (χ0n) is 12.7. The first-order valence-electron chi connectivity index (χ1n) is 7.34. The monoisotopic (exact) mass is 407 g/mol. The molecule has 3 N–H and O–H groups in total. The van der Waals surface area contributed by atoms with Gasteiger partial charge in [0.25, 0.3) is 0 Å². The first-order chi connectivity index (χ1) is 12.0. The summed E-state index contributed by atoms with van der Waals surface area (Å²) in [4.78, 5) is 8.87. The summed E-state index contributed by atoms with van der Waals surface area (Å²) in [7, 11) is 0. The van der Waals surface area contributed by atoms with Gasteiger partial charge in [0.05, 0.1) is 11.0 Å². The van der Waals surface area contributed by atoms with Crippen LogP contribution in [0, 0.1) is 0 Å². The second kappa shape index (κ2) is 5.99. The average Bonchev–Trinajstić information content (AvgIpc) is 2.93. The Morgan fingerprint density at radius 3 is 2.84 bits per heavy atom. The largest absolute Gasteiger partial charge is 0.434 e. The number of rotatable bonds is 3. The Labute approximate surface area is 149 Å². The predicted molar refractivity (Wildman–Crippen MR) is 93.9 cm³/mol. The van der Waals surface area contributed by atoms with Crippen LogP contribution >= 0.6 is 15.9 Å². The summed E-state index contributed by atoms with van der Waals surface area (Å²) >= 11 is 3.36. The number of hydrogen-bond acceptors (Lipinski definition) is 5. The van der Waals surface area contributed by atoms with Gasteiger partial charge in [0, 0.05) is 10.0 Å². The average molecular weight is 408 g/mol. The van der Waals surface area contributed by atoms with E-state index in [1.165, 1.54) is 6.07 Å². The lowest BCUT2D eigenvalue weighted by atomic mass is 10.1. The van der Waals surface area contributed by atoms with Gasteiger partial charge in [0.2, 0.25) is 5.95 Å². The molecule has 4 rings (SSSR count).